The van der Waals surface area contributed by atoms with Crippen LogP contribution in [0.1, 0.15) is 28.8 Å². The highest BCUT2D eigenvalue weighted by Crippen LogP contribution is 2.24. The van der Waals surface area contributed by atoms with Gasteiger partial charge in [0.05, 0.1) is 12.0 Å². The lowest BCUT2D eigenvalue weighted by atomic mass is 9.98. The first-order valence-electron chi connectivity index (χ1n) is 11.2. The molecule has 0 unspecified atom stereocenters. The Labute approximate surface area is 201 Å². The Balaban J connectivity index is 1.50. The predicted molar refractivity (Wildman–Crippen MR) is 130 cm³/mol. The molecular formula is C25H31N3O5S. The van der Waals surface area contributed by atoms with Crippen molar-refractivity contribution in [3.05, 3.63) is 72.3 Å². The summed E-state index contributed by atoms with van der Waals surface area (Å²) in [7, 11) is -2.02. The first-order valence-corrected chi connectivity index (χ1v) is 12.7. The molecule has 0 radical (unpaired) electrons. The minimum Gasteiger partial charge on any atom is -0.497 e. The van der Waals surface area contributed by atoms with Gasteiger partial charge in [-0.1, -0.05) is 18.7 Å². The largest absolute Gasteiger partial charge is 0.497 e. The van der Waals surface area contributed by atoms with Gasteiger partial charge in [-0.15, -0.1) is 0 Å². The van der Waals surface area contributed by atoms with Gasteiger partial charge in [0, 0.05) is 31.7 Å². The second-order valence-electron chi connectivity index (χ2n) is 8.18. The molecule has 2 aromatic carbocycles. The van der Waals surface area contributed by atoms with Crippen LogP contribution in [0.3, 0.4) is 0 Å². The summed E-state index contributed by atoms with van der Waals surface area (Å²) in [5.41, 5.74) is 1.49. The Morgan fingerprint density at radius 2 is 1.71 bits per heavy atom. The van der Waals surface area contributed by atoms with Gasteiger partial charge in [0.15, 0.2) is 0 Å². The van der Waals surface area contributed by atoms with Crippen molar-refractivity contribution in [3.63, 3.8) is 0 Å². The van der Waals surface area contributed by atoms with E-state index in [2.05, 4.69) is 17.2 Å². The minimum atomic E-state index is -3.63. The van der Waals surface area contributed by atoms with Crippen LogP contribution in [0, 0.1) is 5.92 Å². The molecule has 1 aliphatic heterocycles. The average molecular weight is 486 g/mol. The van der Waals surface area contributed by atoms with Crippen LogP contribution in [0.15, 0.2) is 66.1 Å². The molecule has 0 spiro atoms. The van der Waals surface area contributed by atoms with Crippen molar-refractivity contribution in [1.29, 1.82) is 0 Å². The molecule has 1 aliphatic rings. The Morgan fingerprint density at radius 3 is 2.29 bits per heavy atom. The zero-order valence-corrected chi connectivity index (χ0v) is 20.1. The summed E-state index contributed by atoms with van der Waals surface area (Å²) in [6.07, 6.45) is 3.25. The highest BCUT2D eigenvalue weighted by atomic mass is 32.2. The number of carbonyl (C=O) groups excluding carboxylic acids is 2. The highest BCUT2D eigenvalue weighted by molar-refractivity contribution is 7.89. The van der Waals surface area contributed by atoms with Crippen molar-refractivity contribution < 1.29 is 22.7 Å². The van der Waals surface area contributed by atoms with E-state index in [0.29, 0.717) is 51.0 Å². The van der Waals surface area contributed by atoms with Crippen molar-refractivity contribution >= 4 is 21.8 Å². The van der Waals surface area contributed by atoms with E-state index < -0.39 is 10.0 Å². The van der Waals surface area contributed by atoms with Crippen LogP contribution in [0.4, 0.5) is 0 Å². The van der Waals surface area contributed by atoms with Crippen LogP contribution in [0.25, 0.3) is 0 Å². The van der Waals surface area contributed by atoms with Crippen molar-refractivity contribution in [2.24, 2.45) is 5.92 Å². The Morgan fingerprint density at radius 1 is 1.06 bits per heavy atom. The quantitative estimate of drug-likeness (QED) is 0.503. The van der Waals surface area contributed by atoms with Crippen LogP contribution >= 0.6 is 0 Å². The lowest BCUT2D eigenvalue weighted by Gasteiger charge is -2.31. The van der Waals surface area contributed by atoms with E-state index in [0.717, 1.165) is 11.3 Å². The third-order valence-corrected chi connectivity index (χ3v) is 7.85. The fourth-order valence-electron chi connectivity index (χ4n) is 3.81. The van der Waals surface area contributed by atoms with Crippen molar-refractivity contribution in [3.8, 4) is 5.75 Å². The van der Waals surface area contributed by atoms with Gasteiger partial charge in [-0.2, -0.15) is 4.31 Å². The van der Waals surface area contributed by atoms with E-state index in [4.69, 9.17) is 4.74 Å². The number of amides is 2. The number of nitrogens with one attached hydrogen (secondary N) is 2. The van der Waals surface area contributed by atoms with Gasteiger partial charge in [-0.05, 0) is 73.2 Å². The number of piperidine rings is 1. The van der Waals surface area contributed by atoms with Gasteiger partial charge in [0.25, 0.3) is 5.91 Å². The fraction of sp³-hybridized carbons (Fsp3) is 0.360. The summed E-state index contributed by atoms with van der Waals surface area (Å²) < 4.78 is 32.6. The van der Waals surface area contributed by atoms with E-state index in [9.17, 15) is 18.0 Å². The monoisotopic (exact) mass is 485 g/mol. The second-order valence-corrected chi connectivity index (χ2v) is 10.1. The molecule has 0 aliphatic carbocycles. The Kier molecular flexibility index (Phi) is 8.84. The maximum absolute atomic E-state index is 13.0. The highest BCUT2D eigenvalue weighted by Gasteiger charge is 2.29. The molecule has 0 bridgehead atoms. The average Bonchev–Trinajstić information content (AvgIpc) is 2.87. The summed E-state index contributed by atoms with van der Waals surface area (Å²) in [5, 5.41) is 5.62. The molecular weight excluding hydrogens is 454 g/mol. The SMILES string of the molecule is C=CC(=O)NCC1CCN(S(=O)(=O)c2ccc(C(=O)NCCc3ccc(OC)cc3)cc2)CC1. The predicted octanol–water partition coefficient (Wildman–Crippen LogP) is 2.37. The molecule has 1 heterocycles. The van der Waals surface area contributed by atoms with Gasteiger partial charge in [-0.3, -0.25) is 9.59 Å². The molecule has 2 N–H and O–H groups in total. The van der Waals surface area contributed by atoms with E-state index in [1.165, 1.54) is 34.6 Å². The number of hydrogen-bond acceptors (Lipinski definition) is 5. The molecule has 34 heavy (non-hydrogen) atoms. The number of rotatable bonds is 10. The Bertz CT molecular complexity index is 1090. The summed E-state index contributed by atoms with van der Waals surface area (Å²) >= 11 is 0. The molecule has 1 fully saturated rings. The lowest BCUT2D eigenvalue weighted by molar-refractivity contribution is -0.116. The van der Waals surface area contributed by atoms with Crippen LogP contribution < -0.4 is 15.4 Å². The van der Waals surface area contributed by atoms with Gasteiger partial charge < -0.3 is 15.4 Å². The van der Waals surface area contributed by atoms with Crippen LogP contribution in [-0.2, 0) is 21.2 Å². The van der Waals surface area contributed by atoms with Crippen molar-refractivity contribution in [1.82, 2.24) is 14.9 Å². The molecule has 0 atom stereocenters. The normalized spacial score (nSPS) is 14.9. The maximum Gasteiger partial charge on any atom is 0.251 e. The van der Waals surface area contributed by atoms with Crippen molar-refractivity contribution in [2.75, 3.05) is 33.3 Å². The van der Waals surface area contributed by atoms with Crippen molar-refractivity contribution in [2.45, 2.75) is 24.2 Å². The number of methoxy groups -OCH3 is 1. The molecule has 3 rings (SSSR count). The molecule has 0 aromatic heterocycles. The number of benzene rings is 2. The first kappa shape index (κ1) is 25.5. The zero-order chi connectivity index (χ0) is 24.6. The van der Waals surface area contributed by atoms with Gasteiger partial charge in [0.1, 0.15) is 5.75 Å². The molecule has 0 saturated carbocycles. The van der Waals surface area contributed by atoms with E-state index in [-0.39, 0.29) is 22.6 Å². The van der Waals surface area contributed by atoms with E-state index in [1.807, 2.05) is 24.3 Å². The lowest BCUT2D eigenvalue weighted by Crippen LogP contribution is -2.41. The topological polar surface area (TPSA) is 105 Å². The molecule has 1 saturated heterocycles. The maximum atomic E-state index is 13.0. The molecule has 182 valence electrons. The van der Waals surface area contributed by atoms with Crippen LogP contribution in [0.5, 0.6) is 5.75 Å². The Hall–Kier alpha value is -3.17. The van der Waals surface area contributed by atoms with E-state index >= 15 is 0 Å². The summed E-state index contributed by atoms with van der Waals surface area (Å²) in [5.74, 6) is 0.545. The number of hydrogen-bond donors (Lipinski definition) is 2. The number of nitrogens with zero attached hydrogens (tertiary/aromatic N) is 1. The minimum absolute atomic E-state index is 0.167. The third kappa shape index (κ3) is 6.68. The van der Waals surface area contributed by atoms with E-state index in [1.54, 1.807) is 7.11 Å². The van der Waals surface area contributed by atoms with Gasteiger partial charge in [0.2, 0.25) is 15.9 Å². The fourth-order valence-corrected chi connectivity index (χ4v) is 5.28. The summed E-state index contributed by atoms with van der Waals surface area (Å²) in [4.78, 5) is 23.9. The van der Waals surface area contributed by atoms with Crippen LogP contribution in [0.2, 0.25) is 0 Å². The summed E-state index contributed by atoms with van der Waals surface area (Å²) in [6.45, 7) is 5.19. The standard InChI is InChI=1S/C25H31N3O5S/c1-3-24(29)27-18-20-13-16-28(17-14-20)34(31,32)23-10-6-21(7-11-23)25(30)26-15-12-19-4-8-22(33-2)9-5-19/h3-11,20H,1,12-18H2,2H3,(H,26,30)(H,27,29). The third-order valence-electron chi connectivity index (χ3n) is 5.94. The molecule has 9 heteroatoms. The summed E-state index contributed by atoms with van der Waals surface area (Å²) in [6, 6.07) is 13.7. The van der Waals surface area contributed by atoms with Crippen LogP contribution in [-0.4, -0.2) is 57.8 Å². The molecule has 2 aromatic rings. The van der Waals surface area contributed by atoms with Gasteiger partial charge in [-0.25, -0.2) is 8.42 Å². The first-order chi connectivity index (χ1) is 16.3. The molecule has 8 nitrogen and oxygen atoms in total. The number of carbonyl (C=O) groups is 2. The smallest absolute Gasteiger partial charge is 0.251 e. The zero-order valence-electron chi connectivity index (χ0n) is 19.3. The number of ether oxygens (including phenoxy) is 1. The molecule has 2 amide bonds. The second kappa shape index (κ2) is 11.8. The van der Waals surface area contributed by atoms with Gasteiger partial charge >= 0.3 is 0 Å². The number of sulfonamides is 1.